The summed E-state index contributed by atoms with van der Waals surface area (Å²) in [4.78, 5) is 11.0. The Morgan fingerprint density at radius 1 is 1.30 bits per heavy atom. The highest BCUT2D eigenvalue weighted by molar-refractivity contribution is 14.0. The van der Waals surface area contributed by atoms with Crippen molar-refractivity contribution >= 4 is 41.5 Å². The molecule has 3 heterocycles. The maximum atomic E-state index is 5.97. The quantitative estimate of drug-likeness (QED) is 0.309. The second kappa shape index (κ2) is 10.3. The second-order valence-corrected chi connectivity index (χ2v) is 7.90. The van der Waals surface area contributed by atoms with E-state index in [2.05, 4.69) is 36.8 Å². The van der Waals surface area contributed by atoms with Crippen LogP contribution in [0.1, 0.15) is 24.9 Å². The van der Waals surface area contributed by atoms with Crippen LogP contribution in [-0.4, -0.2) is 50.3 Å². The number of nitrogens with one attached hydrogen (secondary N) is 1. The lowest BCUT2D eigenvalue weighted by atomic mass is 9.93. The van der Waals surface area contributed by atoms with Gasteiger partial charge < -0.3 is 14.8 Å². The zero-order valence-electron chi connectivity index (χ0n) is 17.1. The minimum Gasteiger partial charge on any atom is -0.352 e. The lowest BCUT2D eigenvalue weighted by Gasteiger charge is -2.39. The molecule has 2 atom stereocenters. The van der Waals surface area contributed by atoms with E-state index in [1.165, 1.54) is 0 Å². The highest BCUT2D eigenvalue weighted by Crippen LogP contribution is 2.27. The summed E-state index contributed by atoms with van der Waals surface area (Å²) in [5.41, 5.74) is 2.08. The molecule has 0 amide bonds. The average Bonchev–Trinajstić information content (AvgIpc) is 3.42. The second-order valence-electron chi connectivity index (χ2n) is 7.46. The number of hydrogen-bond acceptors (Lipinski definition) is 3. The van der Waals surface area contributed by atoms with Crippen LogP contribution < -0.4 is 5.32 Å². The Hall–Kier alpha value is -2.07. The summed E-state index contributed by atoms with van der Waals surface area (Å²) in [7, 11) is 1.84. The fourth-order valence-corrected chi connectivity index (χ4v) is 3.92. The molecule has 0 bridgehead atoms. The number of rotatable bonds is 4. The van der Waals surface area contributed by atoms with E-state index in [0.717, 1.165) is 41.7 Å². The molecule has 1 N–H and O–H groups in total. The molecule has 30 heavy (non-hydrogen) atoms. The van der Waals surface area contributed by atoms with Gasteiger partial charge in [0, 0.05) is 55.9 Å². The van der Waals surface area contributed by atoms with Gasteiger partial charge in [-0.05, 0) is 36.6 Å². The van der Waals surface area contributed by atoms with E-state index in [1.807, 2.05) is 67.1 Å². The van der Waals surface area contributed by atoms with Crippen molar-refractivity contribution in [3.8, 4) is 5.69 Å². The lowest BCUT2D eigenvalue weighted by Crippen LogP contribution is -2.48. The summed E-state index contributed by atoms with van der Waals surface area (Å²) in [6, 6.07) is 8.05. The molecule has 0 aliphatic carbocycles. The van der Waals surface area contributed by atoms with Crippen LogP contribution in [0.5, 0.6) is 0 Å². The van der Waals surface area contributed by atoms with Gasteiger partial charge in [-0.1, -0.05) is 18.5 Å². The third kappa shape index (κ3) is 5.15. The topological polar surface area (TPSA) is 63.3 Å². The number of nitrogens with zero attached hydrogens (tertiary/aromatic N) is 6. The van der Waals surface area contributed by atoms with Gasteiger partial charge in [0.1, 0.15) is 0 Å². The fraction of sp³-hybridized carbons (Fsp3) is 0.381. The molecule has 1 aliphatic heterocycles. The molecule has 0 spiro atoms. The molecular weight excluding hydrogens is 513 g/mol. The van der Waals surface area contributed by atoms with E-state index in [0.29, 0.717) is 18.5 Å². The van der Waals surface area contributed by atoms with Crippen molar-refractivity contribution in [1.29, 1.82) is 0 Å². The van der Waals surface area contributed by atoms with Crippen LogP contribution in [0.25, 0.3) is 5.69 Å². The average molecular weight is 540 g/mol. The predicted molar refractivity (Wildman–Crippen MR) is 131 cm³/mol. The van der Waals surface area contributed by atoms with Crippen molar-refractivity contribution < 1.29 is 0 Å². The highest BCUT2D eigenvalue weighted by Gasteiger charge is 2.28. The molecule has 4 rings (SSSR count). The Balaban J connectivity index is 0.00000256. The van der Waals surface area contributed by atoms with Gasteiger partial charge in [0.15, 0.2) is 5.96 Å². The number of piperidine rings is 1. The molecule has 7 nitrogen and oxygen atoms in total. The summed E-state index contributed by atoms with van der Waals surface area (Å²) >= 11 is 5.97. The molecule has 1 fully saturated rings. The minimum absolute atomic E-state index is 0. The van der Waals surface area contributed by atoms with Crippen molar-refractivity contribution in [2.45, 2.75) is 25.9 Å². The molecular formula is C21H27ClIN7. The Morgan fingerprint density at radius 2 is 2.10 bits per heavy atom. The van der Waals surface area contributed by atoms with Crippen molar-refractivity contribution in [2.75, 3.05) is 20.1 Å². The number of hydrogen-bond donors (Lipinski definition) is 1. The minimum atomic E-state index is 0. The Bertz CT molecular complexity index is 952. The van der Waals surface area contributed by atoms with E-state index < -0.39 is 0 Å². The summed E-state index contributed by atoms with van der Waals surface area (Å²) in [6.07, 6.45) is 10.8. The van der Waals surface area contributed by atoms with Crippen LogP contribution in [-0.2, 0) is 6.54 Å². The first-order chi connectivity index (χ1) is 14.1. The molecule has 160 valence electrons. The Morgan fingerprint density at radius 3 is 2.80 bits per heavy atom. The van der Waals surface area contributed by atoms with E-state index >= 15 is 0 Å². The predicted octanol–water partition coefficient (Wildman–Crippen LogP) is 4.00. The molecule has 0 saturated carbocycles. The van der Waals surface area contributed by atoms with Gasteiger partial charge in [-0.3, -0.25) is 4.99 Å². The molecule has 2 aromatic heterocycles. The standard InChI is InChI=1S/C21H26ClN7.HI/c1-16-7-9-27(14-20(16)28-10-8-24-15-28)21(23-2)25-11-17-12-26-29(13-17)19-5-3-18(22)4-6-19;/h3-6,8,10,12-13,15-16,20H,7,9,11,14H2,1-2H3,(H,23,25);1H. The third-order valence-corrected chi connectivity index (χ3v) is 5.77. The van der Waals surface area contributed by atoms with Gasteiger partial charge in [-0.25, -0.2) is 9.67 Å². The molecule has 1 saturated heterocycles. The number of imidazole rings is 1. The first-order valence-corrected chi connectivity index (χ1v) is 10.2. The van der Waals surface area contributed by atoms with Crippen molar-refractivity contribution in [1.82, 2.24) is 29.5 Å². The van der Waals surface area contributed by atoms with Gasteiger partial charge in [0.25, 0.3) is 0 Å². The number of aliphatic imine (C=N–C) groups is 1. The summed E-state index contributed by atoms with van der Waals surface area (Å²) in [5, 5.41) is 8.66. The number of guanidine groups is 1. The smallest absolute Gasteiger partial charge is 0.193 e. The van der Waals surface area contributed by atoms with Crippen molar-refractivity contribution in [2.24, 2.45) is 10.9 Å². The normalized spacial score (nSPS) is 19.4. The zero-order chi connectivity index (χ0) is 20.2. The molecule has 3 aromatic rings. The summed E-state index contributed by atoms with van der Waals surface area (Å²) in [5.74, 6) is 1.53. The SMILES string of the molecule is CN=C(NCc1cnn(-c2ccc(Cl)cc2)c1)N1CCC(C)C(n2ccnc2)C1.I. The van der Waals surface area contributed by atoms with Crippen LogP contribution in [0, 0.1) is 5.92 Å². The number of likely N-dealkylation sites (tertiary alicyclic amines) is 1. The third-order valence-electron chi connectivity index (χ3n) is 5.52. The van der Waals surface area contributed by atoms with Gasteiger partial charge in [-0.15, -0.1) is 24.0 Å². The highest BCUT2D eigenvalue weighted by atomic mass is 127. The molecule has 0 radical (unpaired) electrons. The van der Waals surface area contributed by atoms with Gasteiger partial charge in [-0.2, -0.15) is 5.10 Å². The van der Waals surface area contributed by atoms with Crippen LogP contribution in [0.2, 0.25) is 5.02 Å². The first kappa shape index (κ1) is 22.6. The van der Waals surface area contributed by atoms with E-state index in [4.69, 9.17) is 11.6 Å². The van der Waals surface area contributed by atoms with Crippen molar-refractivity contribution in [3.63, 3.8) is 0 Å². The fourth-order valence-electron chi connectivity index (χ4n) is 3.79. The van der Waals surface area contributed by atoms with E-state index in [1.54, 1.807) is 0 Å². The molecule has 9 heteroatoms. The Labute approximate surface area is 199 Å². The lowest BCUT2D eigenvalue weighted by molar-refractivity contribution is 0.189. The Kier molecular flexibility index (Phi) is 7.76. The summed E-state index contributed by atoms with van der Waals surface area (Å²) in [6.45, 7) is 4.89. The largest absolute Gasteiger partial charge is 0.352 e. The van der Waals surface area contributed by atoms with E-state index in [9.17, 15) is 0 Å². The zero-order valence-corrected chi connectivity index (χ0v) is 20.2. The maximum Gasteiger partial charge on any atom is 0.193 e. The number of benzene rings is 1. The van der Waals surface area contributed by atoms with E-state index in [-0.39, 0.29) is 24.0 Å². The number of halogens is 2. The van der Waals surface area contributed by atoms with Gasteiger partial charge in [0.05, 0.1) is 24.3 Å². The van der Waals surface area contributed by atoms with Crippen LogP contribution in [0.4, 0.5) is 0 Å². The van der Waals surface area contributed by atoms with Crippen LogP contribution >= 0.6 is 35.6 Å². The molecule has 1 aromatic carbocycles. The van der Waals surface area contributed by atoms with Crippen LogP contribution in [0.15, 0.2) is 60.4 Å². The van der Waals surface area contributed by atoms with Crippen molar-refractivity contribution in [3.05, 3.63) is 66.0 Å². The van der Waals surface area contributed by atoms with Crippen LogP contribution in [0.3, 0.4) is 0 Å². The monoisotopic (exact) mass is 539 g/mol. The van der Waals surface area contributed by atoms with Gasteiger partial charge >= 0.3 is 0 Å². The number of aromatic nitrogens is 4. The maximum absolute atomic E-state index is 5.97. The summed E-state index contributed by atoms with van der Waals surface area (Å²) < 4.78 is 4.06. The van der Waals surface area contributed by atoms with Gasteiger partial charge in [0.2, 0.25) is 0 Å². The molecule has 1 aliphatic rings. The molecule has 2 unspecified atom stereocenters. The first-order valence-electron chi connectivity index (χ1n) is 9.86.